The quantitative estimate of drug-likeness (QED) is 0.671. The molecule has 0 aromatic heterocycles. The Morgan fingerprint density at radius 3 is 3.10 bits per heavy atom. The number of hydrogen-bond donors (Lipinski definition) is 3. The van der Waals surface area contributed by atoms with Gasteiger partial charge in [0, 0.05) is 25.2 Å². The first-order valence-corrected chi connectivity index (χ1v) is 7.58. The molecule has 6 nitrogen and oxygen atoms in total. The Morgan fingerprint density at radius 2 is 2.24 bits per heavy atom. The zero-order chi connectivity index (χ0) is 14.4. The molecular weight excluding hydrogens is 266 g/mol. The van der Waals surface area contributed by atoms with Crippen LogP contribution in [0.15, 0.2) is 18.2 Å². The van der Waals surface area contributed by atoms with E-state index < -0.39 is 0 Å². The molecular formula is C15H21N5O. The van der Waals surface area contributed by atoms with Gasteiger partial charge in [-0.25, -0.2) is 10.9 Å². The van der Waals surface area contributed by atoms with Crippen LogP contribution < -0.4 is 16.2 Å². The largest absolute Gasteiger partial charge is 0.373 e. The number of amides is 1. The molecule has 3 aliphatic heterocycles. The summed E-state index contributed by atoms with van der Waals surface area (Å²) in [5, 5.41) is 3.42. The molecule has 0 aliphatic carbocycles. The Bertz CT molecular complexity index is 575. The maximum Gasteiger partial charge on any atom is 0.245 e. The van der Waals surface area contributed by atoms with E-state index in [9.17, 15) is 4.79 Å². The Hall–Kier alpha value is -1.63. The van der Waals surface area contributed by atoms with Gasteiger partial charge >= 0.3 is 0 Å². The van der Waals surface area contributed by atoms with E-state index in [4.69, 9.17) is 0 Å². The van der Waals surface area contributed by atoms with Crippen molar-refractivity contribution in [2.45, 2.75) is 25.6 Å². The van der Waals surface area contributed by atoms with E-state index >= 15 is 0 Å². The molecule has 2 atom stereocenters. The average Bonchev–Trinajstić information content (AvgIpc) is 3.12. The first kappa shape index (κ1) is 13.1. The van der Waals surface area contributed by atoms with Gasteiger partial charge in [-0.05, 0) is 18.1 Å². The number of hydrogen-bond acceptors (Lipinski definition) is 5. The molecule has 112 valence electrons. The molecule has 2 fully saturated rings. The maximum absolute atomic E-state index is 12.8. The number of fused-ring (bicyclic) bond motifs is 2. The highest BCUT2D eigenvalue weighted by Crippen LogP contribution is 2.30. The van der Waals surface area contributed by atoms with Crippen LogP contribution in [0.1, 0.15) is 11.1 Å². The number of carbonyl (C=O) groups is 1. The summed E-state index contributed by atoms with van der Waals surface area (Å²) >= 11 is 0. The number of anilines is 1. The number of hydrazine groups is 1. The SMILES string of the molecule is Cc1cccc2c1NC(C(=O)N1CCN3CNNC3C1)C2. The molecule has 3 N–H and O–H groups in total. The van der Waals surface area contributed by atoms with Crippen molar-refractivity contribution in [3.8, 4) is 0 Å². The van der Waals surface area contributed by atoms with Crippen LogP contribution in [-0.4, -0.2) is 54.2 Å². The maximum atomic E-state index is 12.8. The van der Waals surface area contributed by atoms with Crippen molar-refractivity contribution in [2.24, 2.45) is 0 Å². The Kier molecular flexibility index (Phi) is 3.10. The number of piperazine rings is 1. The fourth-order valence-corrected chi connectivity index (χ4v) is 3.53. The standard InChI is InChI=1S/C15H21N5O/c1-10-3-2-4-11-7-12(17-14(10)11)15(21)19-5-6-20-9-16-18-13(20)8-19/h2-4,12-13,16-18H,5-9H2,1H3. The number of carbonyl (C=O) groups excluding carboxylic acids is 1. The molecule has 4 rings (SSSR count). The van der Waals surface area contributed by atoms with E-state index in [2.05, 4.69) is 46.2 Å². The Balaban J connectivity index is 1.46. The highest BCUT2D eigenvalue weighted by Gasteiger charge is 2.36. The molecule has 2 saturated heterocycles. The summed E-state index contributed by atoms with van der Waals surface area (Å²) in [6, 6.07) is 6.16. The molecule has 0 saturated carbocycles. The Labute approximate surface area is 124 Å². The van der Waals surface area contributed by atoms with E-state index in [1.54, 1.807) is 0 Å². The van der Waals surface area contributed by atoms with Crippen LogP contribution in [0.3, 0.4) is 0 Å². The van der Waals surface area contributed by atoms with E-state index in [1.165, 1.54) is 11.1 Å². The topological polar surface area (TPSA) is 59.6 Å². The van der Waals surface area contributed by atoms with Crippen LogP contribution in [-0.2, 0) is 11.2 Å². The van der Waals surface area contributed by atoms with Gasteiger partial charge in [-0.15, -0.1) is 0 Å². The van der Waals surface area contributed by atoms with Crippen LogP contribution in [0.4, 0.5) is 5.69 Å². The fraction of sp³-hybridized carbons (Fsp3) is 0.533. The summed E-state index contributed by atoms with van der Waals surface area (Å²) in [6.07, 6.45) is 1.04. The smallest absolute Gasteiger partial charge is 0.245 e. The van der Waals surface area contributed by atoms with Crippen molar-refractivity contribution in [3.63, 3.8) is 0 Å². The second kappa shape index (κ2) is 4.98. The predicted molar refractivity (Wildman–Crippen MR) is 80.5 cm³/mol. The zero-order valence-corrected chi connectivity index (χ0v) is 12.2. The van der Waals surface area contributed by atoms with Gasteiger partial charge in [0.15, 0.2) is 0 Å². The lowest BCUT2D eigenvalue weighted by Gasteiger charge is -2.37. The van der Waals surface area contributed by atoms with E-state index in [1.807, 2.05) is 4.90 Å². The molecule has 2 unspecified atom stereocenters. The first-order valence-electron chi connectivity index (χ1n) is 7.58. The summed E-state index contributed by atoms with van der Waals surface area (Å²) < 4.78 is 0. The van der Waals surface area contributed by atoms with Crippen LogP contribution in [0, 0.1) is 6.92 Å². The highest BCUT2D eigenvalue weighted by atomic mass is 16.2. The number of aryl methyl sites for hydroxylation is 1. The normalized spacial score (nSPS) is 28.1. The number of benzene rings is 1. The average molecular weight is 287 g/mol. The van der Waals surface area contributed by atoms with Gasteiger partial charge in [-0.1, -0.05) is 18.2 Å². The monoisotopic (exact) mass is 287 g/mol. The van der Waals surface area contributed by atoms with Crippen LogP contribution in [0.25, 0.3) is 0 Å². The van der Waals surface area contributed by atoms with Crippen molar-refractivity contribution >= 4 is 11.6 Å². The summed E-state index contributed by atoms with van der Waals surface area (Å²) in [5.41, 5.74) is 9.98. The molecule has 3 heterocycles. The zero-order valence-electron chi connectivity index (χ0n) is 12.2. The lowest BCUT2D eigenvalue weighted by Crippen LogP contribution is -2.57. The molecule has 3 aliphatic rings. The molecule has 0 radical (unpaired) electrons. The van der Waals surface area contributed by atoms with Crippen molar-refractivity contribution in [1.29, 1.82) is 0 Å². The molecule has 0 bridgehead atoms. The Morgan fingerprint density at radius 1 is 1.33 bits per heavy atom. The molecule has 6 heteroatoms. The van der Waals surface area contributed by atoms with E-state index in [0.717, 1.165) is 38.4 Å². The van der Waals surface area contributed by atoms with Gasteiger partial charge in [0.05, 0.1) is 19.4 Å². The summed E-state index contributed by atoms with van der Waals surface area (Å²) in [5.74, 6) is 0.221. The molecule has 1 aromatic carbocycles. The molecule has 21 heavy (non-hydrogen) atoms. The van der Waals surface area contributed by atoms with Crippen molar-refractivity contribution in [2.75, 3.05) is 31.6 Å². The van der Waals surface area contributed by atoms with Gasteiger partial charge in [0.1, 0.15) is 6.04 Å². The lowest BCUT2D eigenvalue weighted by molar-refractivity contribution is -0.134. The van der Waals surface area contributed by atoms with Crippen molar-refractivity contribution in [3.05, 3.63) is 29.3 Å². The third-order valence-corrected chi connectivity index (χ3v) is 4.75. The number of para-hydroxylation sites is 1. The van der Waals surface area contributed by atoms with E-state index in [-0.39, 0.29) is 18.1 Å². The second-order valence-corrected chi connectivity index (χ2v) is 6.10. The second-order valence-electron chi connectivity index (χ2n) is 6.10. The number of nitrogens with zero attached hydrogens (tertiary/aromatic N) is 2. The fourth-order valence-electron chi connectivity index (χ4n) is 3.53. The molecule has 0 spiro atoms. The minimum atomic E-state index is -0.109. The lowest BCUT2D eigenvalue weighted by atomic mass is 10.1. The van der Waals surface area contributed by atoms with Crippen LogP contribution in [0.5, 0.6) is 0 Å². The summed E-state index contributed by atoms with van der Waals surface area (Å²) in [7, 11) is 0. The third-order valence-electron chi connectivity index (χ3n) is 4.75. The van der Waals surface area contributed by atoms with Gasteiger partial charge in [-0.3, -0.25) is 9.69 Å². The van der Waals surface area contributed by atoms with Gasteiger partial charge in [-0.2, -0.15) is 0 Å². The predicted octanol–water partition coefficient (Wildman–Crippen LogP) is -0.133. The highest BCUT2D eigenvalue weighted by molar-refractivity contribution is 5.88. The minimum Gasteiger partial charge on any atom is -0.373 e. The van der Waals surface area contributed by atoms with Gasteiger partial charge in [0.25, 0.3) is 0 Å². The van der Waals surface area contributed by atoms with Crippen molar-refractivity contribution < 1.29 is 4.79 Å². The number of nitrogens with one attached hydrogen (secondary N) is 3. The summed E-state index contributed by atoms with van der Waals surface area (Å²) in [4.78, 5) is 17.1. The van der Waals surface area contributed by atoms with Crippen molar-refractivity contribution in [1.82, 2.24) is 20.7 Å². The first-order chi connectivity index (χ1) is 10.2. The minimum absolute atomic E-state index is 0.109. The van der Waals surface area contributed by atoms with Gasteiger partial charge in [0.2, 0.25) is 5.91 Å². The van der Waals surface area contributed by atoms with E-state index in [0.29, 0.717) is 0 Å². The number of rotatable bonds is 1. The van der Waals surface area contributed by atoms with Crippen LogP contribution in [0.2, 0.25) is 0 Å². The summed E-state index contributed by atoms with van der Waals surface area (Å²) in [6.45, 7) is 5.44. The van der Waals surface area contributed by atoms with Crippen LogP contribution >= 0.6 is 0 Å². The molecule has 1 amide bonds. The van der Waals surface area contributed by atoms with Gasteiger partial charge < -0.3 is 10.2 Å². The molecule has 1 aromatic rings. The third kappa shape index (κ3) is 2.19.